The van der Waals surface area contributed by atoms with Crippen LogP contribution in [0.1, 0.15) is 57.3 Å². The van der Waals surface area contributed by atoms with Crippen LogP contribution < -0.4 is 10.6 Å². The molecule has 0 aliphatic carbocycles. The summed E-state index contributed by atoms with van der Waals surface area (Å²) >= 11 is 0. The molecule has 0 aromatic heterocycles. The first-order valence-corrected chi connectivity index (χ1v) is 10.8. The third-order valence-electron chi connectivity index (χ3n) is 5.32. The van der Waals surface area contributed by atoms with E-state index >= 15 is 0 Å². The molecule has 0 spiro atoms. The molecule has 7 heteroatoms. The summed E-state index contributed by atoms with van der Waals surface area (Å²) in [5, 5.41) is 5.63. The molecule has 6 nitrogen and oxygen atoms in total. The van der Waals surface area contributed by atoms with Crippen LogP contribution in [0.2, 0.25) is 0 Å². The number of nitrogens with one attached hydrogen (secondary N) is 2. The zero-order chi connectivity index (χ0) is 22.3. The molecule has 1 fully saturated rings. The van der Waals surface area contributed by atoms with Gasteiger partial charge in [-0.25, -0.2) is 4.39 Å². The van der Waals surface area contributed by atoms with Crippen molar-refractivity contribution in [3.8, 4) is 0 Å². The van der Waals surface area contributed by atoms with Gasteiger partial charge >= 0.3 is 0 Å². The molecule has 1 aliphatic rings. The minimum Gasteiger partial charge on any atom is -0.354 e. The summed E-state index contributed by atoms with van der Waals surface area (Å²) in [6.07, 6.45) is 1.73. The lowest BCUT2D eigenvalue weighted by atomic mass is 9.88. The van der Waals surface area contributed by atoms with E-state index in [0.717, 1.165) is 0 Å². The number of rotatable bonds is 8. The van der Waals surface area contributed by atoms with Gasteiger partial charge in [0.25, 0.3) is 5.91 Å². The first kappa shape index (κ1) is 23.8. The molecule has 3 amide bonds. The number of carbonyl (C=O) groups excluding carboxylic acids is 3. The number of hydrogen-bond acceptors (Lipinski definition) is 3. The minimum atomic E-state index is -0.766. The normalized spacial score (nSPS) is 15.9. The Kier molecular flexibility index (Phi) is 8.81. The van der Waals surface area contributed by atoms with Gasteiger partial charge in [-0.3, -0.25) is 14.4 Å². The van der Waals surface area contributed by atoms with Crippen molar-refractivity contribution in [2.75, 3.05) is 19.6 Å². The molecule has 1 aliphatic heterocycles. The SMILES string of the molecule is CC(C)CNC(=O)[C@@H](NC(=O)c1ccccc1F)C1CCN(C(=O)CC(C)C)CC1. The van der Waals surface area contributed by atoms with E-state index in [9.17, 15) is 18.8 Å². The van der Waals surface area contributed by atoms with Crippen molar-refractivity contribution in [1.29, 1.82) is 0 Å². The third kappa shape index (κ3) is 6.82. The van der Waals surface area contributed by atoms with E-state index < -0.39 is 17.8 Å². The molecule has 166 valence electrons. The van der Waals surface area contributed by atoms with Crippen molar-refractivity contribution in [1.82, 2.24) is 15.5 Å². The lowest BCUT2D eigenvalue weighted by Crippen LogP contribution is -2.54. The molecule has 1 aromatic carbocycles. The third-order valence-corrected chi connectivity index (χ3v) is 5.32. The molecule has 0 unspecified atom stereocenters. The van der Waals surface area contributed by atoms with Gasteiger partial charge < -0.3 is 15.5 Å². The second-order valence-corrected chi connectivity index (χ2v) is 8.89. The number of halogens is 1. The summed E-state index contributed by atoms with van der Waals surface area (Å²) in [7, 11) is 0. The van der Waals surface area contributed by atoms with Crippen LogP contribution >= 0.6 is 0 Å². The van der Waals surface area contributed by atoms with Crippen molar-refractivity contribution in [2.45, 2.75) is 53.0 Å². The highest BCUT2D eigenvalue weighted by atomic mass is 19.1. The lowest BCUT2D eigenvalue weighted by molar-refractivity contribution is -0.133. The number of likely N-dealkylation sites (tertiary alicyclic amines) is 1. The summed E-state index contributed by atoms with van der Waals surface area (Å²) in [6.45, 7) is 9.62. The number of benzene rings is 1. The Morgan fingerprint density at radius 3 is 2.27 bits per heavy atom. The Labute approximate surface area is 178 Å². The maximum atomic E-state index is 14.0. The molecule has 1 heterocycles. The van der Waals surface area contributed by atoms with Gasteiger partial charge in [-0.05, 0) is 42.7 Å². The molecule has 1 atom stereocenters. The number of nitrogens with zero attached hydrogens (tertiary/aromatic N) is 1. The first-order valence-electron chi connectivity index (χ1n) is 10.8. The zero-order valence-corrected chi connectivity index (χ0v) is 18.4. The Hall–Kier alpha value is -2.44. The number of amides is 3. The van der Waals surface area contributed by atoms with E-state index in [1.54, 1.807) is 6.07 Å². The molecule has 2 rings (SSSR count). The Morgan fingerprint density at radius 1 is 1.07 bits per heavy atom. The van der Waals surface area contributed by atoms with Gasteiger partial charge in [-0.15, -0.1) is 0 Å². The number of carbonyl (C=O) groups is 3. The first-order chi connectivity index (χ1) is 14.2. The van der Waals surface area contributed by atoms with Crippen molar-refractivity contribution < 1.29 is 18.8 Å². The molecule has 2 N–H and O–H groups in total. The van der Waals surface area contributed by atoms with Crippen LogP contribution in [0.25, 0.3) is 0 Å². The van der Waals surface area contributed by atoms with Gasteiger partial charge in [0.2, 0.25) is 11.8 Å². The Bertz CT molecular complexity index is 743. The summed E-state index contributed by atoms with van der Waals surface area (Å²) in [6, 6.07) is 4.97. The van der Waals surface area contributed by atoms with Crippen LogP contribution in [-0.4, -0.2) is 48.3 Å². The second-order valence-electron chi connectivity index (χ2n) is 8.89. The summed E-state index contributed by atoms with van der Waals surface area (Å²) in [4.78, 5) is 39.7. The summed E-state index contributed by atoms with van der Waals surface area (Å²) in [5.74, 6) is -0.908. The topological polar surface area (TPSA) is 78.5 Å². The minimum absolute atomic E-state index is 0.0799. The van der Waals surface area contributed by atoms with Crippen LogP contribution in [0.3, 0.4) is 0 Å². The van der Waals surface area contributed by atoms with E-state index in [2.05, 4.69) is 10.6 Å². The van der Waals surface area contributed by atoms with Crippen LogP contribution in [-0.2, 0) is 9.59 Å². The van der Waals surface area contributed by atoms with Crippen molar-refractivity contribution in [3.05, 3.63) is 35.6 Å². The molecule has 0 bridgehead atoms. The van der Waals surface area contributed by atoms with Gasteiger partial charge in [0.15, 0.2) is 0 Å². The predicted octanol–water partition coefficient (Wildman–Crippen LogP) is 2.98. The number of piperidine rings is 1. The maximum absolute atomic E-state index is 14.0. The average molecular weight is 420 g/mol. The van der Waals surface area contributed by atoms with Gasteiger partial charge in [0.05, 0.1) is 5.56 Å². The molecule has 0 saturated carbocycles. The Morgan fingerprint density at radius 2 is 1.70 bits per heavy atom. The van der Waals surface area contributed by atoms with Crippen LogP contribution in [0.15, 0.2) is 24.3 Å². The van der Waals surface area contributed by atoms with Gasteiger partial charge in [0, 0.05) is 26.1 Å². The van der Waals surface area contributed by atoms with Crippen LogP contribution in [0.5, 0.6) is 0 Å². The van der Waals surface area contributed by atoms with E-state index in [1.807, 2.05) is 32.6 Å². The molecule has 1 aromatic rings. The van der Waals surface area contributed by atoms with E-state index in [-0.39, 0.29) is 29.2 Å². The van der Waals surface area contributed by atoms with Crippen molar-refractivity contribution in [3.63, 3.8) is 0 Å². The van der Waals surface area contributed by atoms with E-state index in [1.165, 1.54) is 18.2 Å². The average Bonchev–Trinajstić information content (AvgIpc) is 2.70. The van der Waals surface area contributed by atoms with E-state index in [0.29, 0.717) is 44.8 Å². The summed E-state index contributed by atoms with van der Waals surface area (Å²) < 4.78 is 14.0. The van der Waals surface area contributed by atoms with E-state index in [4.69, 9.17) is 0 Å². The number of hydrogen-bond donors (Lipinski definition) is 2. The van der Waals surface area contributed by atoms with Crippen molar-refractivity contribution in [2.24, 2.45) is 17.8 Å². The standard InChI is InChI=1S/C23H34FN3O3/c1-15(2)13-20(28)27-11-9-17(10-12-27)21(23(30)25-14-16(3)4)26-22(29)18-7-5-6-8-19(18)24/h5-8,15-17,21H,9-14H2,1-4H3,(H,25,30)(H,26,29)/t21-/m0/s1. The smallest absolute Gasteiger partial charge is 0.254 e. The van der Waals surface area contributed by atoms with Gasteiger partial charge in [0.1, 0.15) is 11.9 Å². The van der Waals surface area contributed by atoms with Gasteiger partial charge in [-0.1, -0.05) is 39.8 Å². The predicted molar refractivity (Wildman–Crippen MR) is 114 cm³/mol. The fraction of sp³-hybridized carbons (Fsp3) is 0.609. The largest absolute Gasteiger partial charge is 0.354 e. The monoisotopic (exact) mass is 419 g/mol. The van der Waals surface area contributed by atoms with Crippen LogP contribution in [0, 0.1) is 23.6 Å². The molecular weight excluding hydrogens is 385 g/mol. The fourth-order valence-corrected chi connectivity index (χ4v) is 3.64. The molecule has 0 radical (unpaired) electrons. The quantitative estimate of drug-likeness (QED) is 0.680. The summed E-state index contributed by atoms with van der Waals surface area (Å²) in [5.41, 5.74) is -0.0799. The highest BCUT2D eigenvalue weighted by molar-refractivity contribution is 5.97. The highest BCUT2D eigenvalue weighted by Crippen LogP contribution is 2.23. The van der Waals surface area contributed by atoms with Gasteiger partial charge in [-0.2, -0.15) is 0 Å². The molecular formula is C23H34FN3O3. The molecule has 30 heavy (non-hydrogen) atoms. The highest BCUT2D eigenvalue weighted by Gasteiger charge is 2.34. The van der Waals surface area contributed by atoms with Crippen LogP contribution in [0.4, 0.5) is 4.39 Å². The maximum Gasteiger partial charge on any atom is 0.254 e. The Balaban J connectivity index is 2.08. The fourth-order valence-electron chi connectivity index (χ4n) is 3.64. The lowest BCUT2D eigenvalue weighted by Gasteiger charge is -2.36. The second kappa shape index (κ2) is 11.1. The molecule has 1 saturated heterocycles. The van der Waals surface area contributed by atoms with Crippen molar-refractivity contribution >= 4 is 17.7 Å². The zero-order valence-electron chi connectivity index (χ0n) is 18.4.